The van der Waals surface area contributed by atoms with Gasteiger partial charge in [-0.25, -0.2) is 16.8 Å². The van der Waals surface area contributed by atoms with Crippen LogP contribution in [0.15, 0.2) is 81.5 Å². The predicted octanol–water partition coefficient (Wildman–Crippen LogP) is 2.78. The molecule has 0 atom stereocenters. The number of fused-ring (bicyclic) bond motifs is 1. The van der Waals surface area contributed by atoms with Gasteiger partial charge in [0.1, 0.15) is 12.4 Å². The van der Waals surface area contributed by atoms with E-state index in [0.29, 0.717) is 22.5 Å². The number of carbonyl (C=O) groups is 1. The molecule has 1 amide bonds. The monoisotopic (exact) mass is 498 g/mol. The quantitative estimate of drug-likeness (QED) is 0.481. The van der Waals surface area contributed by atoms with Gasteiger partial charge in [-0.05, 0) is 61.4 Å². The summed E-state index contributed by atoms with van der Waals surface area (Å²) in [4.78, 5) is 16.7. The Bertz CT molecular complexity index is 1530. The van der Waals surface area contributed by atoms with Crippen molar-refractivity contribution in [3.8, 4) is 0 Å². The molecule has 11 heteroatoms. The Morgan fingerprint density at radius 2 is 1.76 bits per heavy atom. The van der Waals surface area contributed by atoms with E-state index in [9.17, 15) is 21.6 Å². The second kappa shape index (κ2) is 8.92. The van der Waals surface area contributed by atoms with Gasteiger partial charge in [-0.1, -0.05) is 30.3 Å². The molecule has 1 aliphatic rings. The van der Waals surface area contributed by atoms with Crippen molar-refractivity contribution >= 4 is 43.2 Å². The molecule has 4 rings (SSSR count). The van der Waals surface area contributed by atoms with Gasteiger partial charge in [-0.15, -0.1) is 0 Å². The van der Waals surface area contributed by atoms with E-state index in [-0.39, 0.29) is 22.2 Å². The lowest BCUT2D eigenvalue weighted by molar-refractivity contribution is -0.114. The van der Waals surface area contributed by atoms with E-state index in [1.54, 1.807) is 49.4 Å². The first kappa shape index (κ1) is 23.5. The van der Waals surface area contributed by atoms with Gasteiger partial charge in [0.25, 0.3) is 20.0 Å². The summed E-state index contributed by atoms with van der Waals surface area (Å²) in [6.45, 7) is 3.23. The number of aryl methyl sites for hydroxylation is 2. The van der Waals surface area contributed by atoms with Crippen molar-refractivity contribution in [3.05, 3.63) is 83.4 Å². The first-order valence-electron chi connectivity index (χ1n) is 10.2. The molecule has 1 aliphatic heterocycles. The molecule has 0 unspecified atom stereocenters. The van der Waals surface area contributed by atoms with Gasteiger partial charge in [0.2, 0.25) is 5.91 Å². The van der Waals surface area contributed by atoms with Crippen LogP contribution in [0.3, 0.4) is 0 Å². The maximum Gasteiger partial charge on any atom is 0.263 e. The van der Waals surface area contributed by atoms with Gasteiger partial charge in [0, 0.05) is 16.9 Å². The molecule has 0 saturated carbocycles. The van der Waals surface area contributed by atoms with Crippen LogP contribution in [0.25, 0.3) is 0 Å². The van der Waals surface area contributed by atoms with Crippen molar-refractivity contribution in [2.45, 2.75) is 23.6 Å². The van der Waals surface area contributed by atoms with Crippen LogP contribution in [0.5, 0.6) is 0 Å². The fourth-order valence-electron chi connectivity index (χ4n) is 3.42. The summed E-state index contributed by atoms with van der Waals surface area (Å²) in [7, 11) is -7.59. The summed E-state index contributed by atoms with van der Waals surface area (Å²) in [5.41, 5.74) is 2.70. The fraction of sp³-hybridized carbons (Fsp3) is 0.130. The lowest BCUT2D eigenvalue weighted by Gasteiger charge is -2.12. The zero-order valence-corrected chi connectivity index (χ0v) is 20.0. The minimum Gasteiger partial charge on any atom is -0.324 e. The summed E-state index contributed by atoms with van der Waals surface area (Å²) in [5.74, 6) is -0.443. The summed E-state index contributed by atoms with van der Waals surface area (Å²) in [5, 5.41) is 2.65. The molecule has 0 aliphatic carbocycles. The van der Waals surface area contributed by atoms with Crippen LogP contribution in [0, 0.1) is 13.8 Å². The van der Waals surface area contributed by atoms with Gasteiger partial charge in [0.05, 0.1) is 9.79 Å². The second-order valence-corrected chi connectivity index (χ2v) is 11.1. The molecule has 3 aromatic rings. The highest BCUT2D eigenvalue weighted by atomic mass is 32.2. The highest BCUT2D eigenvalue weighted by Gasteiger charge is 2.30. The molecular formula is C23H22N4O5S2. The molecule has 0 saturated heterocycles. The average molecular weight is 499 g/mol. The number of anilines is 2. The predicted molar refractivity (Wildman–Crippen MR) is 130 cm³/mol. The summed E-state index contributed by atoms with van der Waals surface area (Å²) in [6, 6.07) is 17.7. The van der Waals surface area contributed by atoms with E-state index in [1.807, 2.05) is 13.0 Å². The summed E-state index contributed by atoms with van der Waals surface area (Å²) in [6.07, 6.45) is 0. The van der Waals surface area contributed by atoms with Crippen molar-refractivity contribution in [2.24, 2.45) is 4.99 Å². The van der Waals surface area contributed by atoms with E-state index >= 15 is 0 Å². The van der Waals surface area contributed by atoms with Crippen LogP contribution in [-0.2, 0) is 24.8 Å². The highest BCUT2D eigenvalue weighted by Crippen LogP contribution is 2.24. The molecule has 0 fully saturated rings. The van der Waals surface area contributed by atoms with E-state index < -0.39 is 26.0 Å². The Kier molecular flexibility index (Phi) is 6.15. The van der Waals surface area contributed by atoms with E-state index in [1.165, 1.54) is 18.2 Å². The van der Waals surface area contributed by atoms with Crippen LogP contribution in [0.2, 0.25) is 0 Å². The molecular weight excluding hydrogens is 476 g/mol. The largest absolute Gasteiger partial charge is 0.324 e. The number of amidine groups is 1. The number of aliphatic imine (C=N–C) groups is 1. The number of nitrogens with one attached hydrogen (secondary N) is 3. The number of carbonyl (C=O) groups excluding carboxylic acids is 1. The summed E-state index contributed by atoms with van der Waals surface area (Å²) >= 11 is 0. The molecule has 1 heterocycles. The number of sulfonamides is 2. The summed E-state index contributed by atoms with van der Waals surface area (Å²) < 4.78 is 54.9. The second-order valence-electron chi connectivity index (χ2n) is 7.77. The van der Waals surface area contributed by atoms with E-state index in [0.717, 1.165) is 5.56 Å². The zero-order chi connectivity index (χ0) is 24.5. The van der Waals surface area contributed by atoms with Crippen LogP contribution in [-0.4, -0.2) is 35.1 Å². The Morgan fingerprint density at radius 3 is 2.53 bits per heavy atom. The van der Waals surface area contributed by atoms with E-state index in [2.05, 4.69) is 19.8 Å². The first-order chi connectivity index (χ1) is 16.0. The lowest BCUT2D eigenvalue weighted by Crippen LogP contribution is -2.24. The van der Waals surface area contributed by atoms with Gasteiger partial charge in [-0.3, -0.25) is 19.2 Å². The van der Waals surface area contributed by atoms with Crippen LogP contribution >= 0.6 is 0 Å². The standard InChI is InChI=1S/C23H22N4O5S2/c1-15-6-5-7-17(12-15)26-33(29,30)18-11-10-16(2)20(13-18)25-22(28)14-24-23-19-8-3-4-9-21(19)34(31,32)27-23/h3-13,26H,14H2,1-2H3,(H,24,27)(H,25,28). The highest BCUT2D eigenvalue weighted by molar-refractivity contribution is 7.92. The minimum absolute atomic E-state index is 0.0151. The minimum atomic E-state index is -3.88. The van der Waals surface area contributed by atoms with Crippen LogP contribution in [0.4, 0.5) is 11.4 Å². The Morgan fingerprint density at radius 1 is 1.00 bits per heavy atom. The molecule has 0 bridgehead atoms. The average Bonchev–Trinajstić information content (AvgIpc) is 3.04. The molecule has 0 spiro atoms. The molecule has 0 radical (unpaired) electrons. The lowest BCUT2D eigenvalue weighted by atomic mass is 10.2. The van der Waals surface area contributed by atoms with Crippen molar-refractivity contribution in [1.29, 1.82) is 0 Å². The van der Waals surface area contributed by atoms with Gasteiger partial charge in [0.15, 0.2) is 0 Å². The van der Waals surface area contributed by atoms with Gasteiger partial charge < -0.3 is 5.32 Å². The fourth-order valence-corrected chi connectivity index (χ4v) is 5.74. The van der Waals surface area contributed by atoms with Crippen molar-refractivity contribution in [2.75, 3.05) is 16.6 Å². The van der Waals surface area contributed by atoms with Crippen LogP contribution < -0.4 is 14.8 Å². The third kappa shape index (κ3) is 4.95. The Labute approximate surface area is 198 Å². The molecule has 0 aromatic heterocycles. The smallest absolute Gasteiger partial charge is 0.263 e. The number of hydrogen-bond donors (Lipinski definition) is 3. The third-order valence-corrected chi connectivity index (χ3v) is 7.88. The topological polar surface area (TPSA) is 134 Å². The van der Waals surface area contributed by atoms with Crippen molar-refractivity contribution < 1.29 is 21.6 Å². The molecule has 3 N–H and O–H groups in total. The number of hydrogen-bond acceptors (Lipinski definition) is 6. The van der Waals surface area contributed by atoms with Crippen molar-refractivity contribution in [3.63, 3.8) is 0 Å². The SMILES string of the molecule is Cc1cccc(NS(=O)(=O)c2ccc(C)c(NC(=O)CN=C3NS(=O)(=O)c4ccccc43)c2)c1. The molecule has 9 nitrogen and oxygen atoms in total. The van der Waals surface area contributed by atoms with Crippen LogP contribution in [0.1, 0.15) is 16.7 Å². The number of nitrogens with zero attached hydrogens (tertiary/aromatic N) is 1. The maximum atomic E-state index is 12.8. The molecule has 34 heavy (non-hydrogen) atoms. The van der Waals surface area contributed by atoms with Gasteiger partial charge >= 0.3 is 0 Å². The molecule has 176 valence electrons. The van der Waals surface area contributed by atoms with Crippen molar-refractivity contribution in [1.82, 2.24) is 4.72 Å². The normalized spacial score (nSPS) is 15.4. The Hall–Kier alpha value is -3.70. The zero-order valence-electron chi connectivity index (χ0n) is 18.4. The Balaban J connectivity index is 1.51. The number of rotatable bonds is 6. The third-order valence-electron chi connectivity index (χ3n) is 5.11. The first-order valence-corrected chi connectivity index (χ1v) is 13.2. The molecule has 3 aromatic carbocycles. The van der Waals surface area contributed by atoms with Gasteiger partial charge in [-0.2, -0.15) is 0 Å². The maximum absolute atomic E-state index is 12.8. The number of amides is 1. The van der Waals surface area contributed by atoms with E-state index in [4.69, 9.17) is 0 Å². The number of benzene rings is 3.